The molecule has 3 heteroatoms. The molecule has 0 aliphatic heterocycles. The molecule has 2 aromatic rings. The van der Waals surface area contributed by atoms with E-state index in [1.54, 1.807) is 12.5 Å². The van der Waals surface area contributed by atoms with Crippen molar-refractivity contribution in [1.82, 2.24) is 9.97 Å². The number of rotatable bonds is 1. The lowest BCUT2D eigenvalue weighted by atomic mass is 10.1. The van der Waals surface area contributed by atoms with Crippen molar-refractivity contribution in [2.45, 2.75) is 0 Å². The number of thiol groups is 1. The molecule has 0 amide bonds. The minimum Gasteiger partial charge on any atom is -0.345 e. The highest BCUT2D eigenvalue weighted by Gasteiger charge is 1.96. The summed E-state index contributed by atoms with van der Waals surface area (Å²) in [6.07, 6.45) is 3.47. The first-order valence-electron chi connectivity index (χ1n) is 4.58. The van der Waals surface area contributed by atoms with Crippen LogP contribution < -0.4 is 0 Å². The quantitative estimate of drug-likeness (QED) is 0.553. The van der Waals surface area contributed by atoms with Crippen LogP contribution in [0.5, 0.6) is 0 Å². The van der Waals surface area contributed by atoms with Crippen LogP contribution in [0.4, 0.5) is 0 Å². The van der Waals surface area contributed by atoms with E-state index in [1.807, 2.05) is 24.3 Å². The SMILES string of the molecule is SCC#Cc1ccc(-c2cnc[nH]2)cc1. The standard InChI is InChI=1S/C12H10N2S/c15-7-1-2-10-3-5-11(6-4-10)12-8-13-9-14-12/h3-6,8-9,15H,7H2,(H,13,14). The molecule has 2 nitrogen and oxygen atoms in total. The fourth-order valence-electron chi connectivity index (χ4n) is 1.29. The smallest absolute Gasteiger partial charge is 0.0924 e. The van der Waals surface area contributed by atoms with Crippen LogP contribution in [0.1, 0.15) is 5.56 Å². The van der Waals surface area contributed by atoms with Crippen LogP contribution in [0.3, 0.4) is 0 Å². The number of aromatic amines is 1. The zero-order valence-electron chi connectivity index (χ0n) is 8.07. The lowest BCUT2D eigenvalue weighted by Gasteiger charge is -1.96. The van der Waals surface area contributed by atoms with Crippen molar-refractivity contribution in [2.75, 3.05) is 5.75 Å². The highest BCUT2D eigenvalue weighted by Crippen LogP contribution is 2.15. The largest absolute Gasteiger partial charge is 0.345 e. The molecule has 0 radical (unpaired) electrons. The Balaban J connectivity index is 2.25. The first-order valence-corrected chi connectivity index (χ1v) is 5.22. The van der Waals surface area contributed by atoms with Crippen molar-refractivity contribution in [3.8, 4) is 23.1 Å². The third kappa shape index (κ3) is 2.42. The van der Waals surface area contributed by atoms with Crippen molar-refractivity contribution in [3.63, 3.8) is 0 Å². The number of H-pyrrole nitrogens is 1. The average Bonchev–Trinajstić information content (AvgIpc) is 2.80. The molecule has 0 atom stereocenters. The van der Waals surface area contributed by atoms with E-state index in [-0.39, 0.29) is 0 Å². The molecule has 1 aromatic carbocycles. The lowest BCUT2D eigenvalue weighted by Crippen LogP contribution is -1.78. The molecule has 0 bridgehead atoms. The van der Waals surface area contributed by atoms with Crippen LogP contribution in [-0.2, 0) is 0 Å². The Labute approximate surface area is 94.2 Å². The maximum Gasteiger partial charge on any atom is 0.0924 e. The number of aromatic nitrogens is 2. The summed E-state index contributed by atoms with van der Waals surface area (Å²) in [6, 6.07) is 8.03. The summed E-state index contributed by atoms with van der Waals surface area (Å²) < 4.78 is 0. The molecule has 0 aliphatic carbocycles. The molecule has 0 aliphatic rings. The van der Waals surface area contributed by atoms with E-state index < -0.39 is 0 Å². The van der Waals surface area contributed by atoms with Crippen LogP contribution in [0.2, 0.25) is 0 Å². The van der Waals surface area contributed by atoms with E-state index in [0.717, 1.165) is 16.8 Å². The number of benzene rings is 1. The fourth-order valence-corrected chi connectivity index (χ4v) is 1.37. The first kappa shape index (κ1) is 9.88. The van der Waals surface area contributed by atoms with Gasteiger partial charge in [0.1, 0.15) is 0 Å². The average molecular weight is 214 g/mol. The van der Waals surface area contributed by atoms with Gasteiger partial charge in [0, 0.05) is 5.56 Å². The maximum absolute atomic E-state index is 4.03. The molecule has 1 N–H and O–H groups in total. The van der Waals surface area contributed by atoms with Gasteiger partial charge in [-0.3, -0.25) is 0 Å². The van der Waals surface area contributed by atoms with Crippen LogP contribution in [0, 0.1) is 11.8 Å². The fraction of sp³-hybridized carbons (Fsp3) is 0.0833. The van der Waals surface area contributed by atoms with E-state index in [0.29, 0.717) is 5.75 Å². The van der Waals surface area contributed by atoms with Gasteiger partial charge in [0.05, 0.1) is 24.0 Å². The van der Waals surface area contributed by atoms with Crippen molar-refractivity contribution >= 4 is 12.6 Å². The van der Waals surface area contributed by atoms with E-state index in [1.165, 1.54) is 0 Å². The Hall–Kier alpha value is -1.66. The van der Waals surface area contributed by atoms with E-state index in [9.17, 15) is 0 Å². The van der Waals surface area contributed by atoms with Gasteiger partial charge in [-0.25, -0.2) is 4.98 Å². The minimum atomic E-state index is 0.586. The first-order chi connectivity index (χ1) is 7.40. The van der Waals surface area contributed by atoms with Gasteiger partial charge in [0.15, 0.2) is 0 Å². The molecule has 1 aromatic heterocycles. The molecule has 2 rings (SSSR count). The maximum atomic E-state index is 4.03. The predicted octanol–water partition coefficient (Wildman–Crippen LogP) is 2.36. The van der Waals surface area contributed by atoms with Crippen LogP contribution in [0.25, 0.3) is 11.3 Å². The van der Waals surface area contributed by atoms with Gasteiger partial charge >= 0.3 is 0 Å². The summed E-state index contributed by atoms with van der Waals surface area (Å²) in [5.74, 6) is 6.51. The Morgan fingerprint density at radius 1 is 1.27 bits per heavy atom. The molecule has 0 fully saturated rings. The van der Waals surface area contributed by atoms with E-state index in [4.69, 9.17) is 0 Å². The minimum absolute atomic E-state index is 0.586. The van der Waals surface area contributed by atoms with Crippen molar-refractivity contribution in [3.05, 3.63) is 42.4 Å². The van der Waals surface area contributed by atoms with Crippen molar-refractivity contribution < 1.29 is 0 Å². The van der Waals surface area contributed by atoms with Crippen molar-refractivity contribution in [1.29, 1.82) is 0 Å². The Morgan fingerprint density at radius 2 is 2.07 bits per heavy atom. The second kappa shape index (κ2) is 4.72. The van der Waals surface area contributed by atoms with Gasteiger partial charge < -0.3 is 4.98 Å². The zero-order chi connectivity index (χ0) is 10.5. The predicted molar refractivity (Wildman–Crippen MR) is 64.8 cm³/mol. The van der Waals surface area contributed by atoms with Crippen molar-refractivity contribution in [2.24, 2.45) is 0 Å². The van der Waals surface area contributed by atoms with Gasteiger partial charge in [0.25, 0.3) is 0 Å². The summed E-state index contributed by atoms with van der Waals surface area (Å²) in [6.45, 7) is 0. The molecular weight excluding hydrogens is 204 g/mol. The topological polar surface area (TPSA) is 28.7 Å². The zero-order valence-corrected chi connectivity index (χ0v) is 8.96. The molecule has 1 heterocycles. The normalized spacial score (nSPS) is 9.40. The summed E-state index contributed by atoms with van der Waals surface area (Å²) in [4.78, 5) is 7.03. The van der Waals surface area contributed by atoms with E-state index >= 15 is 0 Å². The molecule has 74 valence electrons. The van der Waals surface area contributed by atoms with Gasteiger partial charge in [-0.05, 0) is 17.7 Å². The second-order valence-corrected chi connectivity index (χ2v) is 3.32. The lowest BCUT2D eigenvalue weighted by molar-refractivity contribution is 1.31. The van der Waals surface area contributed by atoms with Gasteiger partial charge in [-0.15, -0.1) is 0 Å². The summed E-state index contributed by atoms with van der Waals surface area (Å²) >= 11 is 4.03. The number of hydrogen-bond acceptors (Lipinski definition) is 2. The number of imidazole rings is 1. The highest BCUT2D eigenvalue weighted by atomic mass is 32.1. The summed E-state index contributed by atoms with van der Waals surface area (Å²) in [7, 11) is 0. The van der Waals surface area contributed by atoms with Crippen LogP contribution in [-0.4, -0.2) is 15.7 Å². The third-order valence-electron chi connectivity index (χ3n) is 2.01. The summed E-state index contributed by atoms with van der Waals surface area (Å²) in [5, 5.41) is 0. The second-order valence-electron chi connectivity index (χ2n) is 3.00. The number of nitrogens with one attached hydrogen (secondary N) is 1. The number of nitrogens with zero attached hydrogens (tertiary/aromatic N) is 1. The Kier molecular flexibility index (Phi) is 3.11. The highest BCUT2D eigenvalue weighted by molar-refractivity contribution is 7.80. The van der Waals surface area contributed by atoms with Crippen LogP contribution >= 0.6 is 12.6 Å². The molecule has 0 saturated heterocycles. The Morgan fingerprint density at radius 3 is 2.67 bits per heavy atom. The third-order valence-corrected chi connectivity index (χ3v) is 2.16. The van der Waals surface area contributed by atoms with Gasteiger partial charge in [-0.1, -0.05) is 24.0 Å². The van der Waals surface area contributed by atoms with Gasteiger partial charge in [-0.2, -0.15) is 12.6 Å². The summed E-state index contributed by atoms with van der Waals surface area (Å²) in [5.41, 5.74) is 3.14. The monoisotopic (exact) mass is 214 g/mol. The van der Waals surface area contributed by atoms with Crippen LogP contribution in [0.15, 0.2) is 36.8 Å². The number of hydrogen-bond donors (Lipinski definition) is 2. The molecule has 0 saturated carbocycles. The molecule has 0 unspecified atom stereocenters. The van der Waals surface area contributed by atoms with Gasteiger partial charge in [0.2, 0.25) is 0 Å². The van der Waals surface area contributed by atoms with E-state index in [2.05, 4.69) is 34.4 Å². The Bertz CT molecular complexity index is 475. The molecular formula is C12H10N2S. The molecule has 0 spiro atoms. The molecule has 15 heavy (non-hydrogen) atoms.